The number of hydrogen-bond donors (Lipinski definition) is 1. The molecule has 3 heteroatoms. The van der Waals surface area contributed by atoms with Gasteiger partial charge in [0, 0.05) is 19.6 Å². The zero-order valence-electron chi connectivity index (χ0n) is 11.6. The number of likely N-dealkylation sites (tertiary alicyclic amines) is 1. The number of β-amino-alcohol motifs (C(OH)–C–C–N with tert-alkyl or cyclic N) is 1. The van der Waals surface area contributed by atoms with E-state index in [1.807, 2.05) is 30.3 Å². The fraction of sp³-hybridized carbons (Fsp3) is 0.625. The van der Waals surface area contributed by atoms with E-state index in [0.717, 1.165) is 25.4 Å². The van der Waals surface area contributed by atoms with Gasteiger partial charge in [0.2, 0.25) is 0 Å². The van der Waals surface area contributed by atoms with Crippen LogP contribution in [0.25, 0.3) is 0 Å². The molecular formula is C16H23NO2. The van der Waals surface area contributed by atoms with Crippen LogP contribution in [0.3, 0.4) is 0 Å². The molecule has 1 N–H and O–H groups in total. The van der Waals surface area contributed by atoms with Crippen LogP contribution >= 0.6 is 0 Å². The van der Waals surface area contributed by atoms with Crippen molar-refractivity contribution in [3.05, 3.63) is 30.3 Å². The minimum Gasteiger partial charge on any atom is -0.492 e. The largest absolute Gasteiger partial charge is 0.492 e. The maximum Gasteiger partial charge on any atom is 0.119 e. The minimum absolute atomic E-state index is 0.386. The molecule has 1 aromatic rings. The predicted molar refractivity (Wildman–Crippen MR) is 75.2 cm³/mol. The van der Waals surface area contributed by atoms with Crippen LogP contribution in [0.2, 0.25) is 0 Å². The van der Waals surface area contributed by atoms with Crippen molar-refractivity contribution in [1.29, 1.82) is 0 Å². The van der Waals surface area contributed by atoms with Gasteiger partial charge in [-0.2, -0.15) is 0 Å². The van der Waals surface area contributed by atoms with Crippen LogP contribution in [0.1, 0.15) is 19.8 Å². The molecule has 0 spiro atoms. The first kappa shape index (κ1) is 12.9. The second-order valence-corrected chi connectivity index (χ2v) is 6.06. The highest BCUT2D eigenvalue weighted by molar-refractivity contribution is 5.20. The lowest BCUT2D eigenvalue weighted by molar-refractivity contribution is -0.00450. The lowest BCUT2D eigenvalue weighted by atomic mass is 9.88. The molecule has 2 fully saturated rings. The first-order valence-corrected chi connectivity index (χ1v) is 7.31. The van der Waals surface area contributed by atoms with Gasteiger partial charge in [0.25, 0.3) is 0 Å². The monoisotopic (exact) mass is 261 g/mol. The number of ether oxygens (including phenoxy) is 1. The molecule has 0 amide bonds. The van der Waals surface area contributed by atoms with Gasteiger partial charge in [0.05, 0.1) is 5.60 Å². The summed E-state index contributed by atoms with van der Waals surface area (Å²) in [7, 11) is 0. The van der Waals surface area contributed by atoms with E-state index in [-0.39, 0.29) is 0 Å². The number of hydrogen-bond acceptors (Lipinski definition) is 3. The molecule has 0 unspecified atom stereocenters. The van der Waals surface area contributed by atoms with Gasteiger partial charge in [-0.15, -0.1) is 0 Å². The van der Waals surface area contributed by atoms with Crippen molar-refractivity contribution in [3.63, 3.8) is 0 Å². The van der Waals surface area contributed by atoms with Gasteiger partial charge >= 0.3 is 0 Å². The Hall–Kier alpha value is -1.06. The molecule has 1 aliphatic heterocycles. The first-order chi connectivity index (χ1) is 9.18. The number of benzene rings is 1. The van der Waals surface area contributed by atoms with Gasteiger partial charge in [-0.05, 0) is 36.8 Å². The quantitative estimate of drug-likeness (QED) is 0.881. The normalized spacial score (nSPS) is 31.6. The molecule has 104 valence electrons. The summed E-state index contributed by atoms with van der Waals surface area (Å²) in [5.74, 6) is 1.85. The molecule has 2 atom stereocenters. The lowest BCUT2D eigenvalue weighted by Gasteiger charge is -2.26. The van der Waals surface area contributed by atoms with Crippen LogP contribution in [0, 0.1) is 11.8 Å². The number of rotatable bonds is 5. The van der Waals surface area contributed by atoms with Crippen molar-refractivity contribution >= 4 is 0 Å². The standard InChI is InChI=1S/C16H23NO2/c1-13-11-17(12-16(13,18)14-7-8-14)9-10-19-15-5-3-2-4-6-15/h2-6,13-14,18H,7-12H2,1H3/t13-,16+/m1/s1. The summed E-state index contributed by atoms with van der Waals surface area (Å²) in [5, 5.41) is 10.7. The molecule has 3 rings (SSSR count). The van der Waals surface area contributed by atoms with E-state index < -0.39 is 5.60 Å². The SMILES string of the molecule is C[C@@H]1CN(CCOc2ccccc2)C[C@@]1(O)C1CC1. The molecule has 1 heterocycles. The highest BCUT2D eigenvalue weighted by atomic mass is 16.5. The maximum atomic E-state index is 10.7. The highest BCUT2D eigenvalue weighted by Gasteiger charge is 2.52. The second-order valence-electron chi connectivity index (χ2n) is 6.06. The topological polar surface area (TPSA) is 32.7 Å². The number of para-hydroxylation sites is 1. The van der Waals surface area contributed by atoms with Crippen LogP contribution < -0.4 is 4.74 Å². The van der Waals surface area contributed by atoms with E-state index in [0.29, 0.717) is 18.4 Å². The Labute approximate surface area is 115 Å². The Morgan fingerprint density at radius 3 is 2.74 bits per heavy atom. The third-order valence-corrected chi connectivity index (χ3v) is 4.57. The van der Waals surface area contributed by atoms with Crippen LogP contribution in [0.5, 0.6) is 5.75 Å². The fourth-order valence-electron chi connectivity index (χ4n) is 3.22. The van der Waals surface area contributed by atoms with Crippen LogP contribution in [-0.4, -0.2) is 41.8 Å². The summed E-state index contributed by atoms with van der Waals surface area (Å²) in [6.07, 6.45) is 2.41. The molecule has 0 aromatic heterocycles. The molecule has 0 radical (unpaired) electrons. The Bertz CT molecular complexity index is 418. The summed E-state index contributed by atoms with van der Waals surface area (Å²) in [4.78, 5) is 2.34. The molecule has 0 bridgehead atoms. The van der Waals surface area contributed by atoms with E-state index in [9.17, 15) is 5.11 Å². The van der Waals surface area contributed by atoms with E-state index in [1.54, 1.807) is 0 Å². The summed E-state index contributed by atoms with van der Waals surface area (Å²) >= 11 is 0. The average molecular weight is 261 g/mol. The summed E-state index contributed by atoms with van der Waals surface area (Å²) in [6, 6.07) is 9.92. The van der Waals surface area contributed by atoms with Crippen LogP contribution in [0.4, 0.5) is 0 Å². The third kappa shape index (κ3) is 2.77. The summed E-state index contributed by atoms with van der Waals surface area (Å²) < 4.78 is 5.72. The van der Waals surface area contributed by atoms with Gasteiger partial charge in [-0.25, -0.2) is 0 Å². The first-order valence-electron chi connectivity index (χ1n) is 7.31. The van der Waals surface area contributed by atoms with Gasteiger partial charge in [0.1, 0.15) is 12.4 Å². The van der Waals surface area contributed by atoms with Crippen molar-refractivity contribution < 1.29 is 9.84 Å². The Morgan fingerprint density at radius 1 is 1.32 bits per heavy atom. The van der Waals surface area contributed by atoms with Gasteiger partial charge in [-0.1, -0.05) is 25.1 Å². The van der Waals surface area contributed by atoms with Crippen molar-refractivity contribution in [2.24, 2.45) is 11.8 Å². The zero-order chi connectivity index (χ0) is 13.3. The van der Waals surface area contributed by atoms with E-state index in [1.165, 1.54) is 12.8 Å². The Morgan fingerprint density at radius 2 is 2.05 bits per heavy atom. The zero-order valence-corrected chi connectivity index (χ0v) is 11.6. The van der Waals surface area contributed by atoms with Gasteiger partial charge < -0.3 is 9.84 Å². The smallest absolute Gasteiger partial charge is 0.119 e. The summed E-state index contributed by atoms with van der Waals surface area (Å²) in [6.45, 7) is 5.57. The molecule has 1 aromatic carbocycles. The van der Waals surface area contributed by atoms with Crippen molar-refractivity contribution in [3.8, 4) is 5.75 Å². The maximum absolute atomic E-state index is 10.7. The molecular weight excluding hydrogens is 238 g/mol. The van der Waals surface area contributed by atoms with Gasteiger partial charge in [-0.3, -0.25) is 4.90 Å². The number of nitrogens with zero attached hydrogens (tertiary/aromatic N) is 1. The average Bonchev–Trinajstić information content (AvgIpc) is 3.20. The van der Waals surface area contributed by atoms with E-state index >= 15 is 0 Å². The predicted octanol–water partition coefficient (Wildman–Crippen LogP) is 2.16. The lowest BCUT2D eigenvalue weighted by Crippen LogP contribution is -2.39. The summed E-state index contributed by atoms with van der Waals surface area (Å²) in [5.41, 5.74) is -0.438. The number of aliphatic hydroxyl groups is 1. The van der Waals surface area contributed by atoms with Crippen LogP contribution in [0.15, 0.2) is 30.3 Å². The molecule has 3 nitrogen and oxygen atoms in total. The van der Waals surface area contributed by atoms with Crippen molar-refractivity contribution in [1.82, 2.24) is 4.90 Å². The van der Waals surface area contributed by atoms with Crippen molar-refractivity contribution in [2.75, 3.05) is 26.2 Å². The van der Waals surface area contributed by atoms with Gasteiger partial charge in [0.15, 0.2) is 0 Å². The van der Waals surface area contributed by atoms with Crippen LogP contribution in [-0.2, 0) is 0 Å². The fourth-order valence-corrected chi connectivity index (χ4v) is 3.22. The highest BCUT2D eigenvalue weighted by Crippen LogP contribution is 2.46. The van der Waals surface area contributed by atoms with E-state index in [4.69, 9.17) is 4.74 Å². The second kappa shape index (κ2) is 5.14. The molecule has 1 saturated carbocycles. The molecule has 1 saturated heterocycles. The van der Waals surface area contributed by atoms with E-state index in [2.05, 4.69) is 11.8 Å². The van der Waals surface area contributed by atoms with Crippen molar-refractivity contribution in [2.45, 2.75) is 25.4 Å². The minimum atomic E-state index is -0.438. The molecule has 19 heavy (non-hydrogen) atoms. The molecule has 2 aliphatic rings. The third-order valence-electron chi connectivity index (χ3n) is 4.57. The molecule has 1 aliphatic carbocycles. The Balaban J connectivity index is 1.47. The Kier molecular flexibility index (Phi) is 3.50.